The number of alkyl halides is 3. The highest BCUT2D eigenvalue weighted by Gasteiger charge is 2.47. The molecule has 2 amide bonds. The molecule has 0 aliphatic heterocycles. The molecular weight excluding hydrogens is 321 g/mol. The van der Waals surface area contributed by atoms with Crippen LogP contribution in [-0.2, 0) is 15.8 Å². The van der Waals surface area contributed by atoms with Crippen molar-refractivity contribution in [1.82, 2.24) is 5.32 Å². The Kier molecular flexibility index (Phi) is 5.85. The first-order chi connectivity index (χ1) is 11.3. The largest absolute Gasteiger partial charge is 0.416 e. The van der Waals surface area contributed by atoms with Gasteiger partial charge in [0.25, 0.3) is 0 Å². The molecule has 1 aromatic carbocycles. The van der Waals surface area contributed by atoms with E-state index in [0.29, 0.717) is 13.0 Å². The zero-order chi connectivity index (χ0) is 17.7. The van der Waals surface area contributed by atoms with E-state index in [0.717, 1.165) is 31.4 Å². The molecule has 1 aromatic rings. The number of amides is 2. The standard InChI is InChI=1S/C17H21F3N2O2/c1-2-3-4-8-21-15(23)13-10-14(13)16(24)22-12-7-5-6-11(9-12)17(18,19)20/h5-7,9,13-14H,2-4,8,10H2,1H3,(H,21,23)(H,22,24). The normalized spacial score (nSPS) is 19.7. The molecule has 1 aliphatic carbocycles. The summed E-state index contributed by atoms with van der Waals surface area (Å²) < 4.78 is 38.0. The van der Waals surface area contributed by atoms with Crippen molar-refractivity contribution in [2.45, 2.75) is 38.8 Å². The van der Waals surface area contributed by atoms with E-state index in [2.05, 4.69) is 17.6 Å². The molecule has 0 aromatic heterocycles. The van der Waals surface area contributed by atoms with Gasteiger partial charge in [0.1, 0.15) is 0 Å². The van der Waals surface area contributed by atoms with Crippen LogP contribution in [0.4, 0.5) is 18.9 Å². The summed E-state index contributed by atoms with van der Waals surface area (Å²) >= 11 is 0. The molecule has 24 heavy (non-hydrogen) atoms. The van der Waals surface area contributed by atoms with E-state index >= 15 is 0 Å². The third-order valence-corrected chi connectivity index (χ3v) is 4.00. The number of carbonyl (C=O) groups excluding carboxylic acids is 2. The molecule has 2 rings (SSSR count). The van der Waals surface area contributed by atoms with E-state index in [1.807, 2.05) is 0 Å². The van der Waals surface area contributed by atoms with Gasteiger partial charge in [-0.15, -0.1) is 0 Å². The summed E-state index contributed by atoms with van der Waals surface area (Å²) in [6.07, 6.45) is -1.03. The van der Waals surface area contributed by atoms with Crippen LogP contribution < -0.4 is 10.6 Å². The topological polar surface area (TPSA) is 58.2 Å². The lowest BCUT2D eigenvalue weighted by Gasteiger charge is -2.10. The zero-order valence-electron chi connectivity index (χ0n) is 13.5. The smallest absolute Gasteiger partial charge is 0.356 e. The lowest BCUT2D eigenvalue weighted by atomic mass is 10.2. The van der Waals surface area contributed by atoms with Crippen molar-refractivity contribution < 1.29 is 22.8 Å². The summed E-state index contributed by atoms with van der Waals surface area (Å²) in [5, 5.41) is 5.25. The lowest BCUT2D eigenvalue weighted by Crippen LogP contribution is -2.28. The molecule has 0 spiro atoms. The van der Waals surface area contributed by atoms with Gasteiger partial charge in [-0.1, -0.05) is 25.8 Å². The van der Waals surface area contributed by atoms with Gasteiger partial charge in [0.05, 0.1) is 17.4 Å². The van der Waals surface area contributed by atoms with Crippen molar-refractivity contribution in [3.63, 3.8) is 0 Å². The number of nitrogens with one attached hydrogen (secondary N) is 2. The van der Waals surface area contributed by atoms with E-state index in [1.54, 1.807) is 0 Å². The molecule has 2 N–H and O–H groups in total. The Hall–Kier alpha value is -2.05. The molecule has 2 unspecified atom stereocenters. The summed E-state index contributed by atoms with van der Waals surface area (Å²) in [6, 6.07) is 4.47. The number of benzene rings is 1. The molecule has 1 aliphatic rings. The molecular formula is C17H21F3N2O2. The fourth-order valence-electron chi connectivity index (χ4n) is 2.50. The predicted molar refractivity (Wildman–Crippen MR) is 84.2 cm³/mol. The minimum Gasteiger partial charge on any atom is -0.356 e. The maximum Gasteiger partial charge on any atom is 0.416 e. The van der Waals surface area contributed by atoms with E-state index in [4.69, 9.17) is 0 Å². The van der Waals surface area contributed by atoms with Crippen molar-refractivity contribution in [3.8, 4) is 0 Å². The minimum absolute atomic E-state index is 0.0869. The molecule has 0 radical (unpaired) electrons. The van der Waals surface area contributed by atoms with Crippen LogP contribution in [-0.4, -0.2) is 18.4 Å². The quantitative estimate of drug-likeness (QED) is 0.744. The van der Waals surface area contributed by atoms with Crippen molar-refractivity contribution in [2.24, 2.45) is 11.8 Å². The highest BCUT2D eigenvalue weighted by atomic mass is 19.4. The monoisotopic (exact) mass is 342 g/mol. The molecule has 7 heteroatoms. The van der Waals surface area contributed by atoms with Crippen molar-refractivity contribution in [1.29, 1.82) is 0 Å². The Labute approximate surface area is 138 Å². The number of unbranched alkanes of at least 4 members (excludes halogenated alkanes) is 2. The Bertz CT molecular complexity index is 602. The summed E-state index contributed by atoms with van der Waals surface area (Å²) in [5.74, 6) is -1.42. The number of hydrogen-bond donors (Lipinski definition) is 2. The summed E-state index contributed by atoms with van der Waals surface area (Å²) in [4.78, 5) is 23.9. The Balaban J connectivity index is 1.83. The highest BCUT2D eigenvalue weighted by molar-refractivity contribution is 5.99. The van der Waals surface area contributed by atoms with Gasteiger partial charge in [0.2, 0.25) is 11.8 Å². The number of anilines is 1. The number of rotatable bonds is 7. The van der Waals surface area contributed by atoms with Crippen LogP contribution in [0, 0.1) is 11.8 Å². The van der Waals surface area contributed by atoms with Gasteiger partial charge in [-0.25, -0.2) is 0 Å². The predicted octanol–water partition coefficient (Wildman–Crippen LogP) is 3.59. The number of hydrogen-bond acceptors (Lipinski definition) is 2. The van der Waals surface area contributed by atoms with Gasteiger partial charge in [-0.3, -0.25) is 9.59 Å². The van der Waals surface area contributed by atoms with Crippen molar-refractivity contribution in [2.75, 3.05) is 11.9 Å². The van der Waals surface area contributed by atoms with Gasteiger partial charge >= 0.3 is 6.18 Å². The van der Waals surface area contributed by atoms with Gasteiger partial charge in [0, 0.05) is 12.2 Å². The van der Waals surface area contributed by atoms with E-state index in [1.165, 1.54) is 12.1 Å². The van der Waals surface area contributed by atoms with Gasteiger partial charge in [0.15, 0.2) is 0 Å². The van der Waals surface area contributed by atoms with Crippen LogP contribution in [0.25, 0.3) is 0 Å². The molecule has 1 fully saturated rings. The van der Waals surface area contributed by atoms with Crippen LogP contribution in [0.15, 0.2) is 24.3 Å². The third kappa shape index (κ3) is 4.97. The van der Waals surface area contributed by atoms with Crippen LogP contribution in [0.5, 0.6) is 0 Å². The van der Waals surface area contributed by atoms with Crippen molar-refractivity contribution >= 4 is 17.5 Å². The van der Waals surface area contributed by atoms with Crippen LogP contribution in [0.2, 0.25) is 0 Å². The first-order valence-electron chi connectivity index (χ1n) is 8.08. The molecule has 4 nitrogen and oxygen atoms in total. The fraction of sp³-hybridized carbons (Fsp3) is 0.529. The average molecular weight is 342 g/mol. The second-order valence-corrected chi connectivity index (χ2v) is 6.01. The molecule has 1 saturated carbocycles. The third-order valence-electron chi connectivity index (χ3n) is 4.00. The van der Waals surface area contributed by atoms with Crippen LogP contribution in [0.3, 0.4) is 0 Å². The van der Waals surface area contributed by atoms with Crippen molar-refractivity contribution in [3.05, 3.63) is 29.8 Å². The SMILES string of the molecule is CCCCCNC(=O)C1CC1C(=O)Nc1cccc(C(F)(F)F)c1. The maximum atomic E-state index is 12.7. The Morgan fingerprint density at radius 2 is 1.88 bits per heavy atom. The first kappa shape index (κ1) is 18.3. The molecule has 132 valence electrons. The second kappa shape index (κ2) is 7.68. The summed E-state index contributed by atoms with van der Waals surface area (Å²) in [7, 11) is 0. The lowest BCUT2D eigenvalue weighted by molar-refractivity contribution is -0.137. The van der Waals surface area contributed by atoms with E-state index in [9.17, 15) is 22.8 Å². The second-order valence-electron chi connectivity index (χ2n) is 6.01. The summed E-state index contributed by atoms with van der Waals surface area (Å²) in [6.45, 7) is 2.65. The first-order valence-corrected chi connectivity index (χ1v) is 8.08. The zero-order valence-corrected chi connectivity index (χ0v) is 13.5. The summed E-state index contributed by atoms with van der Waals surface area (Å²) in [5.41, 5.74) is -0.731. The van der Waals surface area contributed by atoms with E-state index in [-0.39, 0.29) is 17.5 Å². The number of carbonyl (C=O) groups is 2. The Morgan fingerprint density at radius 3 is 2.54 bits per heavy atom. The van der Waals surface area contributed by atoms with Crippen LogP contribution >= 0.6 is 0 Å². The molecule has 2 atom stereocenters. The molecule has 0 heterocycles. The fourth-order valence-corrected chi connectivity index (χ4v) is 2.50. The average Bonchev–Trinajstić information content (AvgIpc) is 3.31. The Morgan fingerprint density at radius 1 is 1.17 bits per heavy atom. The minimum atomic E-state index is -4.46. The maximum absolute atomic E-state index is 12.7. The van der Waals surface area contributed by atoms with Gasteiger partial charge in [-0.2, -0.15) is 13.2 Å². The number of halogens is 3. The van der Waals surface area contributed by atoms with Gasteiger partial charge < -0.3 is 10.6 Å². The molecule has 0 bridgehead atoms. The molecule has 0 saturated heterocycles. The van der Waals surface area contributed by atoms with Crippen LogP contribution in [0.1, 0.15) is 38.2 Å². The van der Waals surface area contributed by atoms with E-state index < -0.39 is 23.6 Å². The van der Waals surface area contributed by atoms with Gasteiger partial charge in [-0.05, 0) is 31.0 Å². The highest BCUT2D eigenvalue weighted by Crippen LogP contribution is 2.39.